The zero-order valence-electron chi connectivity index (χ0n) is 16.1. The van der Waals surface area contributed by atoms with Crippen molar-refractivity contribution in [3.63, 3.8) is 0 Å². The Labute approximate surface area is 204 Å². The third-order valence-corrected chi connectivity index (χ3v) is 5.31. The number of alkyl halides is 6. The summed E-state index contributed by atoms with van der Waals surface area (Å²) >= 11 is 17.2. The molecule has 14 heteroatoms. The number of halogens is 11. The maximum Gasteiger partial charge on any atom is 0.417 e. The van der Waals surface area contributed by atoms with Gasteiger partial charge in [-0.1, -0.05) is 40.9 Å². The van der Waals surface area contributed by atoms with Crippen molar-refractivity contribution in [3.05, 3.63) is 73.7 Å². The molecule has 33 heavy (non-hydrogen) atoms. The molecule has 2 aromatic rings. The number of carbonyl (C=O) groups is 1. The number of rotatable bonds is 5. The molecule has 0 aliphatic heterocycles. The molecular weight excluding hydrogens is 547 g/mol. The Morgan fingerprint density at radius 3 is 2.00 bits per heavy atom. The minimum absolute atomic E-state index is 0. The molecule has 0 bridgehead atoms. The summed E-state index contributed by atoms with van der Waals surface area (Å²) in [7, 11) is 1.23. The van der Waals surface area contributed by atoms with Crippen LogP contribution in [0.5, 0.6) is 0 Å². The minimum atomic E-state index is -5.09. The molecule has 0 radical (unpaired) electrons. The smallest absolute Gasteiger partial charge is 0.288 e. The maximum atomic E-state index is 14.7. The van der Waals surface area contributed by atoms with E-state index in [0.717, 1.165) is 18.2 Å². The monoisotopic (exact) mass is 558 g/mol. The normalized spacial score (nSPS) is 13.4. The van der Waals surface area contributed by atoms with Crippen molar-refractivity contribution in [2.45, 2.75) is 18.3 Å². The first-order valence-electron chi connectivity index (χ1n) is 8.44. The van der Waals surface area contributed by atoms with Gasteiger partial charge in [0.2, 0.25) is 0 Å². The van der Waals surface area contributed by atoms with Gasteiger partial charge in [0.1, 0.15) is 11.7 Å². The molecule has 182 valence electrons. The Balaban J connectivity index is 0.00000544. The summed E-state index contributed by atoms with van der Waals surface area (Å²) in [5.41, 5.74) is 0.292. The molecule has 2 aromatic carbocycles. The number of nitrogens with one attached hydrogen (secondary N) is 2. The van der Waals surface area contributed by atoms with E-state index in [2.05, 4.69) is 5.43 Å². The highest BCUT2D eigenvalue weighted by atomic mass is 35.5. The van der Waals surface area contributed by atoms with E-state index in [1.807, 2.05) is 5.43 Å². The number of allylic oxidation sites excluding steroid dienone is 1. The summed E-state index contributed by atoms with van der Waals surface area (Å²) in [6, 6.07) is 3.29. The van der Waals surface area contributed by atoms with E-state index in [1.165, 1.54) is 7.05 Å². The van der Waals surface area contributed by atoms with Crippen molar-refractivity contribution in [1.29, 1.82) is 0 Å². The van der Waals surface area contributed by atoms with Gasteiger partial charge >= 0.3 is 12.4 Å². The van der Waals surface area contributed by atoms with Crippen LogP contribution < -0.4 is 10.9 Å². The third-order valence-electron chi connectivity index (χ3n) is 4.11. The summed E-state index contributed by atoms with van der Waals surface area (Å²) in [5.74, 6) is -5.38. The van der Waals surface area contributed by atoms with Gasteiger partial charge in [0, 0.05) is 12.6 Å². The average molecular weight is 560 g/mol. The molecule has 0 fully saturated rings. The number of amides is 1. The molecule has 1 unspecified atom stereocenters. The standard InChI is InChI=1S/C19H12Cl3F7N2O.ClH/c1-30-31-17(32)10-3-2-8(4-12(10)19(27,28)29)15(23)7-11(18(24,25)26)9-5-13(20)16(22)14(21)6-9;/h2-7,11,30H,1H3,(H,31,32);1H/b15-7-;. The zero-order valence-corrected chi connectivity index (χ0v) is 19.2. The average Bonchev–Trinajstić information content (AvgIpc) is 2.67. The van der Waals surface area contributed by atoms with Crippen molar-refractivity contribution >= 4 is 58.9 Å². The van der Waals surface area contributed by atoms with Crippen LogP contribution >= 0.6 is 47.2 Å². The fourth-order valence-electron chi connectivity index (χ4n) is 2.68. The minimum Gasteiger partial charge on any atom is -0.288 e. The van der Waals surface area contributed by atoms with E-state index in [1.54, 1.807) is 0 Å². The molecule has 0 saturated carbocycles. The molecule has 2 rings (SSSR count). The van der Waals surface area contributed by atoms with Gasteiger partial charge in [0.05, 0.1) is 26.2 Å². The Morgan fingerprint density at radius 2 is 1.55 bits per heavy atom. The Kier molecular flexibility index (Phi) is 9.89. The van der Waals surface area contributed by atoms with E-state index in [4.69, 9.17) is 34.8 Å². The lowest BCUT2D eigenvalue weighted by Crippen LogP contribution is -2.35. The predicted molar refractivity (Wildman–Crippen MR) is 115 cm³/mol. The lowest BCUT2D eigenvalue weighted by atomic mass is 9.95. The van der Waals surface area contributed by atoms with Crippen LogP contribution in [-0.4, -0.2) is 19.1 Å². The van der Waals surface area contributed by atoms with E-state index in [-0.39, 0.29) is 39.6 Å². The van der Waals surface area contributed by atoms with Gasteiger partial charge in [-0.25, -0.2) is 9.82 Å². The fourth-order valence-corrected chi connectivity index (χ4v) is 3.30. The zero-order chi connectivity index (χ0) is 24.4. The van der Waals surface area contributed by atoms with E-state index >= 15 is 0 Å². The van der Waals surface area contributed by atoms with E-state index in [9.17, 15) is 35.5 Å². The van der Waals surface area contributed by atoms with Crippen LogP contribution in [-0.2, 0) is 6.18 Å². The molecule has 0 heterocycles. The fraction of sp³-hybridized carbons (Fsp3) is 0.211. The number of hydrazine groups is 1. The van der Waals surface area contributed by atoms with Gasteiger partial charge in [-0.05, 0) is 35.9 Å². The highest BCUT2D eigenvalue weighted by Crippen LogP contribution is 2.42. The second-order valence-electron chi connectivity index (χ2n) is 6.29. The molecular formula is C19H13Cl4F7N2O. The van der Waals surface area contributed by atoms with Crippen LogP contribution in [0.15, 0.2) is 36.4 Å². The SMILES string of the molecule is CNNC(=O)c1ccc(/C(F)=C/C(c2cc(Cl)c(Cl)c(Cl)c2)C(F)(F)F)cc1C(F)(F)F.Cl. The first-order valence-corrected chi connectivity index (χ1v) is 9.57. The van der Waals surface area contributed by atoms with Crippen molar-refractivity contribution < 1.29 is 35.5 Å². The number of hydrogen-bond donors (Lipinski definition) is 2. The van der Waals surface area contributed by atoms with Gasteiger partial charge in [-0.3, -0.25) is 10.2 Å². The van der Waals surface area contributed by atoms with Crippen LogP contribution in [0.2, 0.25) is 15.1 Å². The van der Waals surface area contributed by atoms with Crippen LogP contribution in [0, 0.1) is 0 Å². The maximum absolute atomic E-state index is 14.7. The number of hydrogen-bond acceptors (Lipinski definition) is 2. The Bertz CT molecular complexity index is 1030. The quantitative estimate of drug-likeness (QED) is 0.225. The van der Waals surface area contributed by atoms with Gasteiger partial charge in [-0.15, -0.1) is 12.4 Å². The van der Waals surface area contributed by atoms with Crippen molar-refractivity contribution in [1.82, 2.24) is 10.9 Å². The van der Waals surface area contributed by atoms with Gasteiger partial charge < -0.3 is 0 Å². The third kappa shape index (κ3) is 7.13. The molecule has 0 spiro atoms. The highest BCUT2D eigenvalue weighted by molar-refractivity contribution is 6.48. The van der Waals surface area contributed by atoms with E-state index < -0.39 is 52.3 Å². The molecule has 0 saturated heterocycles. The van der Waals surface area contributed by atoms with Crippen molar-refractivity contribution in [2.75, 3.05) is 7.05 Å². The molecule has 3 nitrogen and oxygen atoms in total. The summed E-state index contributed by atoms with van der Waals surface area (Å²) in [4.78, 5) is 11.8. The summed E-state index contributed by atoms with van der Waals surface area (Å²) in [6.07, 6.45) is -10.0. The first kappa shape index (κ1) is 29.3. The highest BCUT2D eigenvalue weighted by Gasteiger charge is 2.41. The molecule has 1 amide bonds. The summed E-state index contributed by atoms with van der Waals surface area (Å²) in [6.45, 7) is 0. The lowest BCUT2D eigenvalue weighted by Gasteiger charge is -2.19. The predicted octanol–water partition coefficient (Wildman–Crippen LogP) is 7.61. The van der Waals surface area contributed by atoms with Crippen LogP contribution in [0.4, 0.5) is 30.7 Å². The summed E-state index contributed by atoms with van der Waals surface area (Å²) < 4.78 is 95.6. The number of carbonyl (C=O) groups excluding carboxylic acids is 1. The van der Waals surface area contributed by atoms with Crippen LogP contribution in [0.1, 0.15) is 33.0 Å². The van der Waals surface area contributed by atoms with Gasteiger partial charge in [0.25, 0.3) is 5.91 Å². The van der Waals surface area contributed by atoms with Crippen LogP contribution in [0.3, 0.4) is 0 Å². The largest absolute Gasteiger partial charge is 0.417 e. The van der Waals surface area contributed by atoms with E-state index in [0.29, 0.717) is 6.07 Å². The lowest BCUT2D eigenvalue weighted by molar-refractivity contribution is -0.140. The second-order valence-corrected chi connectivity index (χ2v) is 7.49. The Hall–Kier alpha value is -1.72. The van der Waals surface area contributed by atoms with Crippen molar-refractivity contribution in [2.24, 2.45) is 0 Å². The molecule has 1 atom stereocenters. The van der Waals surface area contributed by atoms with Gasteiger partial charge in [0.15, 0.2) is 0 Å². The Morgan fingerprint density at radius 1 is 1.00 bits per heavy atom. The first-order chi connectivity index (χ1) is 14.7. The topological polar surface area (TPSA) is 41.1 Å². The second kappa shape index (κ2) is 11.1. The molecule has 0 aliphatic rings. The number of benzene rings is 2. The summed E-state index contributed by atoms with van der Waals surface area (Å²) in [5, 5.41) is -0.860. The molecule has 0 aliphatic carbocycles. The molecule has 2 N–H and O–H groups in total. The van der Waals surface area contributed by atoms with Crippen molar-refractivity contribution in [3.8, 4) is 0 Å². The van der Waals surface area contributed by atoms with Gasteiger partial charge in [-0.2, -0.15) is 26.3 Å². The van der Waals surface area contributed by atoms with Crippen LogP contribution in [0.25, 0.3) is 5.83 Å². The molecule has 0 aromatic heterocycles.